The topological polar surface area (TPSA) is 52.0 Å². The molecule has 0 aliphatic rings. The van der Waals surface area contributed by atoms with Crippen molar-refractivity contribution in [2.45, 2.75) is 20.8 Å². The van der Waals surface area contributed by atoms with Crippen LogP contribution in [0.4, 0.5) is 11.4 Å². The van der Waals surface area contributed by atoms with Crippen molar-refractivity contribution < 1.29 is 0 Å². The van der Waals surface area contributed by atoms with Gasteiger partial charge in [-0.2, -0.15) is 0 Å². The van der Waals surface area contributed by atoms with Crippen LogP contribution in [-0.2, 0) is 0 Å². The fourth-order valence-corrected chi connectivity index (χ4v) is 1.64. The second kappa shape index (κ2) is 5.94. The number of aryl methyl sites for hydroxylation is 3. The SMILES string of the molecule is Cc1cc(C)c(N)c(C)c1.Nc1ccccc1. The zero-order valence-electron chi connectivity index (χ0n) is 10.7. The van der Waals surface area contributed by atoms with E-state index in [1.807, 2.05) is 44.2 Å². The third kappa shape index (κ3) is 4.19. The van der Waals surface area contributed by atoms with Gasteiger partial charge in [-0.3, -0.25) is 0 Å². The molecule has 0 aliphatic heterocycles. The van der Waals surface area contributed by atoms with E-state index in [1.54, 1.807) is 0 Å². The van der Waals surface area contributed by atoms with Gasteiger partial charge in [-0.25, -0.2) is 0 Å². The van der Waals surface area contributed by atoms with Gasteiger partial charge in [0.1, 0.15) is 0 Å². The van der Waals surface area contributed by atoms with Gasteiger partial charge < -0.3 is 11.5 Å². The molecule has 0 bridgehead atoms. The lowest BCUT2D eigenvalue weighted by Crippen LogP contribution is -1.93. The van der Waals surface area contributed by atoms with Crippen molar-refractivity contribution in [3.8, 4) is 0 Å². The Bertz CT molecular complexity index is 453. The van der Waals surface area contributed by atoms with Crippen LogP contribution in [0.1, 0.15) is 16.7 Å². The van der Waals surface area contributed by atoms with Gasteiger partial charge in [0.15, 0.2) is 0 Å². The number of anilines is 2. The molecule has 2 aromatic rings. The molecule has 0 amide bonds. The zero-order valence-corrected chi connectivity index (χ0v) is 10.7. The van der Waals surface area contributed by atoms with E-state index >= 15 is 0 Å². The summed E-state index contributed by atoms with van der Waals surface area (Å²) >= 11 is 0. The molecule has 2 aromatic carbocycles. The van der Waals surface area contributed by atoms with Crippen LogP contribution in [-0.4, -0.2) is 0 Å². The van der Waals surface area contributed by atoms with Crippen molar-refractivity contribution in [1.82, 2.24) is 0 Å². The van der Waals surface area contributed by atoms with E-state index < -0.39 is 0 Å². The predicted molar refractivity (Wildman–Crippen MR) is 75.9 cm³/mol. The maximum absolute atomic E-state index is 5.75. The Balaban J connectivity index is 0.000000181. The van der Waals surface area contributed by atoms with E-state index in [1.165, 1.54) is 16.7 Å². The van der Waals surface area contributed by atoms with E-state index in [0.717, 1.165) is 11.4 Å². The summed E-state index contributed by atoms with van der Waals surface area (Å²) in [5.74, 6) is 0. The molecule has 0 saturated heterocycles. The van der Waals surface area contributed by atoms with Crippen molar-refractivity contribution >= 4 is 11.4 Å². The number of nitrogens with two attached hydrogens (primary N) is 2. The number of benzene rings is 2. The van der Waals surface area contributed by atoms with Gasteiger partial charge >= 0.3 is 0 Å². The minimum atomic E-state index is 0.822. The van der Waals surface area contributed by atoms with Crippen molar-refractivity contribution in [2.75, 3.05) is 11.5 Å². The summed E-state index contributed by atoms with van der Waals surface area (Å²) < 4.78 is 0. The Morgan fingerprint density at radius 2 is 1.24 bits per heavy atom. The van der Waals surface area contributed by atoms with E-state index in [4.69, 9.17) is 11.5 Å². The van der Waals surface area contributed by atoms with Crippen molar-refractivity contribution in [3.05, 3.63) is 59.2 Å². The van der Waals surface area contributed by atoms with Crippen LogP contribution in [0.15, 0.2) is 42.5 Å². The first-order chi connectivity index (χ1) is 8.00. The predicted octanol–water partition coefficient (Wildman–Crippen LogP) is 3.46. The summed E-state index contributed by atoms with van der Waals surface area (Å²) in [7, 11) is 0. The zero-order chi connectivity index (χ0) is 12.8. The van der Waals surface area contributed by atoms with Crippen molar-refractivity contribution in [3.63, 3.8) is 0 Å². The smallest absolute Gasteiger partial charge is 0.0373 e. The monoisotopic (exact) mass is 228 g/mol. The van der Waals surface area contributed by atoms with E-state index in [9.17, 15) is 0 Å². The molecular formula is C15H20N2. The lowest BCUT2D eigenvalue weighted by Gasteiger charge is -2.04. The Kier molecular flexibility index (Phi) is 4.58. The van der Waals surface area contributed by atoms with Gasteiger partial charge in [0.25, 0.3) is 0 Å². The molecule has 0 heterocycles. The first kappa shape index (κ1) is 13.1. The summed E-state index contributed by atoms with van der Waals surface area (Å²) in [5.41, 5.74) is 16.5. The molecule has 90 valence electrons. The standard InChI is InChI=1S/C9H13N.C6H7N/c1-6-4-7(2)9(10)8(3)5-6;7-6-4-2-1-3-5-6/h4-5H,10H2,1-3H3;1-5H,7H2. The Morgan fingerprint density at radius 3 is 1.59 bits per heavy atom. The highest BCUT2D eigenvalue weighted by atomic mass is 14.6. The van der Waals surface area contributed by atoms with Crippen LogP contribution in [0, 0.1) is 20.8 Å². The third-order valence-electron chi connectivity index (χ3n) is 2.54. The van der Waals surface area contributed by atoms with Crippen LogP contribution in [0.3, 0.4) is 0 Å². The molecule has 4 N–H and O–H groups in total. The van der Waals surface area contributed by atoms with Gasteiger partial charge in [-0.1, -0.05) is 35.9 Å². The van der Waals surface area contributed by atoms with Crippen LogP contribution in [0.25, 0.3) is 0 Å². The molecule has 0 atom stereocenters. The van der Waals surface area contributed by atoms with Gasteiger partial charge in [0, 0.05) is 11.4 Å². The molecule has 0 radical (unpaired) electrons. The summed E-state index contributed by atoms with van der Waals surface area (Å²) in [5, 5.41) is 0. The maximum atomic E-state index is 5.75. The van der Waals surface area contributed by atoms with E-state index in [-0.39, 0.29) is 0 Å². The number of hydrogen-bond donors (Lipinski definition) is 2. The van der Waals surface area contributed by atoms with Gasteiger partial charge in [-0.05, 0) is 44.0 Å². The lowest BCUT2D eigenvalue weighted by atomic mass is 10.1. The number of para-hydroxylation sites is 1. The fraction of sp³-hybridized carbons (Fsp3) is 0.200. The van der Waals surface area contributed by atoms with Gasteiger partial charge in [0.05, 0.1) is 0 Å². The molecular weight excluding hydrogens is 208 g/mol. The first-order valence-electron chi connectivity index (χ1n) is 5.64. The summed E-state index contributed by atoms with van der Waals surface area (Å²) in [6.45, 7) is 6.16. The van der Waals surface area contributed by atoms with E-state index in [2.05, 4.69) is 19.1 Å². The Hall–Kier alpha value is -1.96. The molecule has 2 rings (SSSR count). The van der Waals surface area contributed by atoms with Crippen LogP contribution < -0.4 is 11.5 Å². The normalized spacial score (nSPS) is 9.35. The highest BCUT2D eigenvalue weighted by Gasteiger charge is 1.96. The number of hydrogen-bond acceptors (Lipinski definition) is 2. The fourth-order valence-electron chi connectivity index (χ4n) is 1.64. The summed E-state index contributed by atoms with van der Waals surface area (Å²) in [4.78, 5) is 0. The average Bonchev–Trinajstić information content (AvgIpc) is 2.27. The van der Waals surface area contributed by atoms with Crippen LogP contribution >= 0.6 is 0 Å². The summed E-state index contributed by atoms with van der Waals surface area (Å²) in [6, 6.07) is 13.7. The Morgan fingerprint density at radius 1 is 0.765 bits per heavy atom. The van der Waals surface area contributed by atoms with Gasteiger partial charge in [-0.15, -0.1) is 0 Å². The van der Waals surface area contributed by atoms with Gasteiger partial charge in [0.2, 0.25) is 0 Å². The molecule has 0 spiro atoms. The minimum Gasteiger partial charge on any atom is -0.399 e. The second-order valence-electron chi connectivity index (χ2n) is 4.22. The number of nitrogen functional groups attached to an aromatic ring is 2. The quantitative estimate of drug-likeness (QED) is 0.678. The molecule has 0 aromatic heterocycles. The molecule has 0 fully saturated rings. The van der Waals surface area contributed by atoms with Crippen LogP contribution in [0.5, 0.6) is 0 Å². The molecule has 2 heteroatoms. The molecule has 17 heavy (non-hydrogen) atoms. The average molecular weight is 228 g/mol. The van der Waals surface area contributed by atoms with Crippen molar-refractivity contribution in [1.29, 1.82) is 0 Å². The second-order valence-corrected chi connectivity index (χ2v) is 4.22. The maximum Gasteiger partial charge on any atom is 0.0373 e. The third-order valence-corrected chi connectivity index (χ3v) is 2.54. The molecule has 0 unspecified atom stereocenters. The summed E-state index contributed by atoms with van der Waals surface area (Å²) in [6.07, 6.45) is 0. The van der Waals surface area contributed by atoms with Crippen LogP contribution in [0.2, 0.25) is 0 Å². The molecule has 0 saturated carbocycles. The first-order valence-corrected chi connectivity index (χ1v) is 5.64. The Labute approximate surface area is 103 Å². The lowest BCUT2D eigenvalue weighted by molar-refractivity contribution is 1.33. The minimum absolute atomic E-state index is 0.822. The number of rotatable bonds is 0. The highest BCUT2D eigenvalue weighted by Crippen LogP contribution is 2.17. The molecule has 2 nitrogen and oxygen atoms in total. The highest BCUT2D eigenvalue weighted by molar-refractivity contribution is 5.54. The largest absolute Gasteiger partial charge is 0.399 e. The van der Waals surface area contributed by atoms with Crippen molar-refractivity contribution in [2.24, 2.45) is 0 Å². The molecule has 0 aliphatic carbocycles. The van der Waals surface area contributed by atoms with E-state index in [0.29, 0.717) is 0 Å².